The Hall–Kier alpha value is -2.65. The van der Waals surface area contributed by atoms with E-state index in [0.29, 0.717) is 31.5 Å². The van der Waals surface area contributed by atoms with Gasteiger partial charge in [0.05, 0.1) is 30.0 Å². The minimum Gasteiger partial charge on any atom is -0.465 e. The maximum absolute atomic E-state index is 13.4. The zero-order valence-electron chi connectivity index (χ0n) is 16.3. The molecule has 152 valence electrons. The van der Waals surface area contributed by atoms with Crippen molar-refractivity contribution in [1.29, 1.82) is 0 Å². The molecule has 9 heteroatoms. The van der Waals surface area contributed by atoms with Crippen LogP contribution >= 0.6 is 23.1 Å². The van der Waals surface area contributed by atoms with Crippen molar-refractivity contribution in [2.24, 2.45) is 0 Å². The fourth-order valence-electron chi connectivity index (χ4n) is 2.78. The highest BCUT2D eigenvalue weighted by atomic mass is 32.2. The Bertz CT molecular complexity index is 1110. The number of benzene rings is 1. The average molecular weight is 433 g/mol. The number of aryl methyl sites for hydroxylation is 1. The van der Waals surface area contributed by atoms with E-state index in [9.17, 15) is 14.4 Å². The molecule has 0 saturated heterocycles. The molecule has 0 N–H and O–H groups in total. The van der Waals surface area contributed by atoms with Gasteiger partial charge in [-0.15, -0.1) is 11.3 Å². The van der Waals surface area contributed by atoms with E-state index in [1.165, 1.54) is 4.57 Å². The van der Waals surface area contributed by atoms with Crippen molar-refractivity contribution in [1.82, 2.24) is 9.55 Å². The van der Waals surface area contributed by atoms with E-state index in [1.54, 1.807) is 32.9 Å². The molecule has 0 spiro atoms. The zero-order chi connectivity index (χ0) is 21.0. The van der Waals surface area contributed by atoms with Gasteiger partial charge in [-0.1, -0.05) is 30.0 Å². The van der Waals surface area contributed by atoms with Crippen LogP contribution in [0.1, 0.15) is 29.1 Å². The minimum absolute atomic E-state index is 0.0215. The normalized spacial score (nSPS) is 10.9. The molecule has 0 bridgehead atoms. The van der Waals surface area contributed by atoms with E-state index >= 15 is 0 Å². The zero-order valence-corrected chi connectivity index (χ0v) is 17.9. The molecule has 3 rings (SSSR count). The van der Waals surface area contributed by atoms with Crippen LogP contribution in [0.3, 0.4) is 0 Å². The molecule has 0 unspecified atom stereocenters. The van der Waals surface area contributed by atoms with E-state index in [-0.39, 0.29) is 30.5 Å². The number of hydrogen-bond donors (Lipinski definition) is 0. The molecule has 0 amide bonds. The summed E-state index contributed by atoms with van der Waals surface area (Å²) < 4.78 is 11.5. The van der Waals surface area contributed by atoms with E-state index in [4.69, 9.17) is 9.47 Å². The fourth-order valence-corrected chi connectivity index (χ4v) is 4.71. The second-order valence-corrected chi connectivity index (χ2v) is 7.86. The minimum atomic E-state index is -0.473. The van der Waals surface area contributed by atoms with Gasteiger partial charge < -0.3 is 9.47 Å². The lowest BCUT2D eigenvalue weighted by molar-refractivity contribution is -0.139. The Kier molecular flexibility index (Phi) is 6.71. The summed E-state index contributed by atoms with van der Waals surface area (Å²) >= 11 is 2.24. The number of esters is 2. The van der Waals surface area contributed by atoms with Gasteiger partial charge in [0.25, 0.3) is 5.56 Å². The van der Waals surface area contributed by atoms with Crippen molar-refractivity contribution in [3.63, 3.8) is 0 Å². The highest BCUT2D eigenvalue weighted by molar-refractivity contribution is 7.99. The molecular formula is C20H20N2O5S2. The maximum atomic E-state index is 13.4. The van der Waals surface area contributed by atoms with Gasteiger partial charge in [0.15, 0.2) is 5.16 Å². The number of carbonyl (C=O) groups is 2. The number of aromatic nitrogens is 2. The summed E-state index contributed by atoms with van der Waals surface area (Å²) in [6, 6.07) is 9.06. The van der Waals surface area contributed by atoms with Crippen LogP contribution in [-0.2, 0) is 14.3 Å². The number of ether oxygens (including phenoxy) is 2. The quantitative estimate of drug-likeness (QED) is 0.320. The van der Waals surface area contributed by atoms with Crippen molar-refractivity contribution in [2.45, 2.75) is 25.9 Å². The number of carbonyl (C=O) groups excluding carboxylic acids is 2. The molecule has 0 aliphatic heterocycles. The van der Waals surface area contributed by atoms with Crippen LogP contribution in [0, 0.1) is 6.92 Å². The number of fused-ring (bicyclic) bond motifs is 1. The van der Waals surface area contributed by atoms with Gasteiger partial charge in [-0.05, 0) is 38.5 Å². The van der Waals surface area contributed by atoms with Crippen LogP contribution in [0.2, 0.25) is 0 Å². The molecule has 29 heavy (non-hydrogen) atoms. The average Bonchev–Trinajstić information content (AvgIpc) is 3.04. The molecule has 0 saturated carbocycles. The monoisotopic (exact) mass is 432 g/mol. The molecule has 0 aliphatic rings. The third kappa shape index (κ3) is 4.35. The molecule has 7 nitrogen and oxygen atoms in total. The second-order valence-electron chi connectivity index (χ2n) is 5.92. The first-order chi connectivity index (χ1) is 14.0. The van der Waals surface area contributed by atoms with E-state index in [0.717, 1.165) is 23.1 Å². The highest BCUT2D eigenvalue weighted by Crippen LogP contribution is 2.30. The smallest absolute Gasteiger partial charge is 0.348 e. The first-order valence-electron chi connectivity index (χ1n) is 9.05. The van der Waals surface area contributed by atoms with Gasteiger partial charge in [-0.25, -0.2) is 9.78 Å². The standard InChI is InChI=1S/C20H20N2O5S2/c1-4-26-14(23)11-28-20-21-17-15(12(3)16(29-17)19(25)27-5-2)18(24)22(20)13-9-7-6-8-10-13/h6-10H,4-5,11H2,1-3H3. The SMILES string of the molecule is CCOC(=O)CSc1nc2sc(C(=O)OCC)c(C)c2c(=O)n1-c1ccccc1. The van der Waals surface area contributed by atoms with Crippen LogP contribution in [0.4, 0.5) is 0 Å². The van der Waals surface area contributed by atoms with Crippen molar-refractivity contribution < 1.29 is 19.1 Å². The van der Waals surface area contributed by atoms with Crippen LogP contribution in [0.5, 0.6) is 0 Å². The predicted octanol–water partition coefficient (Wildman–Crippen LogP) is 3.59. The van der Waals surface area contributed by atoms with E-state index in [2.05, 4.69) is 4.98 Å². The van der Waals surface area contributed by atoms with Crippen molar-refractivity contribution in [2.75, 3.05) is 19.0 Å². The van der Waals surface area contributed by atoms with Gasteiger partial charge in [0.2, 0.25) is 0 Å². The fraction of sp³-hybridized carbons (Fsp3) is 0.300. The molecule has 1 aromatic carbocycles. The number of thiophene rings is 1. The Morgan fingerprint density at radius 1 is 1.14 bits per heavy atom. The molecule has 0 fully saturated rings. The Labute approximate surface area is 175 Å². The summed E-state index contributed by atoms with van der Waals surface area (Å²) in [6.07, 6.45) is 0. The number of para-hydroxylation sites is 1. The molecule has 0 atom stereocenters. The first kappa shape index (κ1) is 21.1. The number of nitrogens with zero attached hydrogens (tertiary/aromatic N) is 2. The largest absolute Gasteiger partial charge is 0.465 e. The molecule has 3 aromatic rings. The molecule has 0 aliphatic carbocycles. The van der Waals surface area contributed by atoms with Crippen molar-refractivity contribution in [3.05, 3.63) is 51.1 Å². The summed E-state index contributed by atoms with van der Waals surface area (Å²) in [7, 11) is 0. The van der Waals surface area contributed by atoms with Crippen molar-refractivity contribution in [3.8, 4) is 5.69 Å². The van der Waals surface area contributed by atoms with E-state index < -0.39 is 5.97 Å². The van der Waals surface area contributed by atoms with Gasteiger partial charge >= 0.3 is 11.9 Å². The maximum Gasteiger partial charge on any atom is 0.348 e. The van der Waals surface area contributed by atoms with Crippen LogP contribution in [0.25, 0.3) is 15.9 Å². The van der Waals surface area contributed by atoms with Gasteiger partial charge in [0.1, 0.15) is 9.71 Å². The lowest BCUT2D eigenvalue weighted by atomic mass is 10.2. The summed E-state index contributed by atoms with van der Waals surface area (Å²) in [5.41, 5.74) is 0.881. The number of hydrogen-bond acceptors (Lipinski definition) is 8. The van der Waals surface area contributed by atoms with Gasteiger partial charge in [-0.2, -0.15) is 0 Å². The number of thioether (sulfide) groups is 1. The third-order valence-corrected chi connectivity index (χ3v) is 6.11. The van der Waals surface area contributed by atoms with Crippen LogP contribution < -0.4 is 5.56 Å². The highest BCUT2D eigenvalue weighted by Gasteiger charge is 2.23. The first-order valence-corrected chi connectivity index (χ1v) is 10.8. The number of rotatable bonds is 7. The Balaban J connectivity index is 2.18. The van der Waals surface area contributed by atoms with E-state index in [1.807, 2.05) is 18.2 Å². The lowest BCUT2D eigenvalue weighted by Crippen LogP contribution is -2.22. The molecular weight excluding hydrogens is 412 g/mol. The topological polar surface area (TPSA) is 87.5 Å². The summed E-state index contributed by atoms with van der Waals surface area (Å²) in [6.45, 7) is 5.71. The summed E-state index contributed by atoms with van der Waals surface area (Å²) in [5.74, 6) is -0.839. The Morgan fingerprint density at radius 3 is 2.48 bits per heavy atom. The molecule has 2 heterocycles. The summed E-state index contributed by atoms with van der Waals surface area (Å²) in [5, 5.41) is 0.737. The van der Waals surface area contributed by atoms with Crippen LogP contribution in [0.15, 0.2) is 40.3 Å². The predicted molar refractivity (Wildman–Crippen MR) is 113 cm³/mol. The summed E-state index contributed by atoms with van der Waals surface area (Å²) in [4.78, 5) is 42.9. The van der Waals surface area contributed by atoms with Crippen molar-refractivity contribution >= 4 is 45.3 Å². The van der Waals surface area contributed by atoms with Gasteiger partial charge in [-0.3, -0.25) is 14.2 Å². The van der Waals surface area contributed by atoms with Gasteiger partial charge in [0, 0.05) is 0 Å². The van der Waals surface area contributed by atoms with Crippen LogP contribution in [-0.4, -0.2) is 40.5 Å². The third-order valence-electron chi connectivity index (χ3n) is 4.03. The second kappa shape index (κ2) is 9.23. The molecule has 0 radical (unpaired) electrons. The Morgan fingerprint density at radius 2 is 1.83 bits per heavy atom. The lowest BCUT2D eigenvalue weighted by Gasteiger charge is -2.12. The molecule has 2 aromatic heterocycles.